The van der Waals surface area contributed by atoms with Crippen molar-refractivity contribution in [2.24, 2.45) is 0 Å². The molecule has 0 aliphatic carbocycles. The molecule has 1 fully saturated rings. The van der Waals surface area contributed by atoms with Crippen LogP contribution in [0.5, 0.6) is 5.75 Å². The molecule has 0 spiro atoms. The fourth-order valence-corrected chi connectivity index (χ4v) is 4.63. The number of benzene rings is 1. The van der Waals surface area contributed by atoms with Gasteiger partial charge in [0.15, 0.2) is 0 Å². The number of allylic oxidation sites excluding steroid dienone is 1. The minimum atomic E-state index is -0.466. The van der Waals surface area contributed by atoms with E-state index in [1.165, 1.54) is 0 Å². The first-order valence-electron chi connectivity index (χ1n) is 12.1. The molecule has 1 saturated heterocycles. The number of hydrogen-bond donors (Lipinski definition) is 0. The Bertz CT molecular complexity index is 1080. The average molecular weight is 515 g/mol. The first-order chi connectivity index (χ1) is 17.5. The van der Waals surface area contributed by atoms with Crippen LogP contribution in [0.25, 0.3) is 0 Å². The van der Waals surface area contributed by atoms with Gasteiger partial charge in [0.1, 0.15) is 24.1 Å². The van der Waals surface area contributed by atoms with Crippen molar-refractivity contribution in [2.75, 3.05) is 33.5 Å². The number of esters is 1. The highest BCUT2D eigenvalue weighted by Gasteiger charge is 2.38. The van der Waals surface area contributed by atoms with Gasteiger partial charge >= 0.3 is 5.97 Å². The highest BCUT2D eigenvalue weighted by molar-refractivity contribution is 6.29. The number of halogens is 1. The minimum absolute atomic E-state index is 0.0282. The van der Waals surface area contributed by atoms with Crippen LogP contribution in [0.4, 0.5) is 0 Å². The molecule has 0 unspecified atom stereocenters. The van der Waals surface area contributed by atoms with Crippen LogP contribution in [0.1, 0.15) is 43.2 Å². The molecule has 0 bridgehead atoms. The van der Waals surface area contributed by atoms with Crippen molar-refractivity contribution in [1.82, 2.24) is 9.88 Å². The van der Waals surface area contributed by atoms with E-state index in [4.69, 9.17) is 30.5 Å². The summed E-state index contributed by atoms with van der Waals surface area (Å²) in [5.74, 6) is -0.264. The summed E-state index contributed by atoms with van der Waals surface area (Å²) in [6, 6.07) is 10.8. The van der Waals surface area contributed by atoms with Crippen LogP contribution in [0, 0.1) is 0 Å². The maximum atomic E-state index is 13.4. The Morgan fingerprint density at radius 3 is 2.67 bits per heavy atom. The fourth-order valence-electron chi connectivity index (χ4n) is 4.52. The molecule has 1 aromatic heterocycles. The van der Waals surface area contributed by atoms with Gasteiger partial charge in [-0.3, -0.25) is 4.79 Å². The monoisotopic (exact) mass is 514 g/mol. The van der Waals surface area contributed by atoms with Gasteiger partial charge in [0.25, 0.3) is 0 Å². The van der Waals surface area contributed by atoms with Crippen molar-refractivity contribution in [1.29, 1.82) is 0 Å². The van der Waals surface area contributed by atoms with Gasteiger partial charge in [-0.05, 0) is 49.1 Å². The number of methoxy groups -OCH3 is 1. The van der Waals surface area contributed by atoms with Crippen LogP contribution in [-0.4, -0.2) is 61.3 Å². The number of pyridine rings is 1. The molecular formula is C27H31ClN2O6. The normalized spacial score (nSPS) is 20.1. The third kappa shape index (κ3) is 6.43. The second kappa shape index (κ2) is 12.3. The predicted molar refractivity (Wildman–Crippen MR) is 134 cm³/mol. The molecule has 2 aliphatic heterocycles. The molecule has 0 radical (unpaired) electrons. The first kappa shape index (κ1) is 26.1. The second-order valence-electron chi connectivity index (χ2n) is 8.87. The molecule has 1 amide bonds. The summed E-state index contributed by atoms with van der Waals surface area (Å²) in [5.41, 5.74) is 2.62. The lowest BCUT2D eigenvalue weighted by molar-refractivity contribution is -0.141. The topological polar surface area (TPSA) is 87.2 Å². The number of carbonyl (C=O) groups is 2. The van der Waals surface area contributed by atoms with Crippen LogP contribution in [0.3, 0.4) is 0 Å². The first-order valence-corrected chi connectivity index (χ1v) is 12.5. The molecule has 36 heavy (non-hydrogen) atoms. The maximum absolute atomic E-state index is 13.4. The van der Waals surface area contributed by atoms with E-state index in [0.29, 0.717) is 48.5 Å². The van der Waals surface area contributed by atoms with Crippen molar-refractivity contribution in [3.05, 3.63) is 70.1 Å². The minimum Gasteiger partial charge on any atom is -0.491 e. The van der Waals surface area contributed by atoms with Gasteiger partial charge < -0.3 is 23.8 Å². The molecule has 3 heterocycles. The van der Waals surface area contributed by atoms with Crippen molar-refractivity contribution in [2.45, 2.75) is 44.8 Å². The summed E-state index contributed by atoms with van der Waals surface area (Å²) in [6.07, 6.45) is 3.59. The van der Waals surface area contributed by atoms with Crippen molar-refractivity contribution in [3.8, 4) is 5.75 Å². The quantitative estimate of drug-likeness (QED) is 0.266. The molecule has 0 saturated carbocycles. The van der Waals surface area contributed by atoms with Crippen LogP contribution in [-0.2, 0) is 30.4 Å². The fraction of sp³-hybridized carbons (Fsp3) is 0.444. The lowest BCUT2D eigenvalue weighted by atomic mass is 9.84. The van der Waals surface area contributed by atoms with E-state index >= 15 is 0 Å². The Labute approximate surface area is 216 Å². The molecule has 2 aliphatic rings. The van der Waals surface area contributed by atoms with Crippen LogP contribution < -0.4 is 4.74 Å². The number of hydrogen-bond acceptors (Lipinski definition) is 7. The molecule has 8 nitrogen and oxygen atoms in total. The molecule has 1 aromatic carbocycles. The SMILES string of the molecule is COCCOc1ccc(COC(=O)C2=C(C)N(C[C@@H]3CCCO3)C(=O)C[C@@H]2c2ccc(Cl)nc2)cc1. The van der Waals surface area contributed by atoms with Gasteiger partial charge in [-0.1, -0.05) is 29.8 Å². The summed E-state index contributed by atoms with van der Waals surface area (Å²) in [5, 5.41) is 0.348. The van der Waals surface area contributed by atoms with E-state index in [9.17, 15) is 9.59 Å². The third-order valence-corrected chi connectivity index (χ3v) is 6.68. The number of amides is 1. The smallest absolute Gasteiger partial charge is 0.336 e. The largest absolute Gasteiger partial charge is 0.491 e. The Balaban J connectivity index is 1.52. The van der Waals surface area contributed by atoms with Crippen molar-refractivity contribution >= 4 is 23.5 Å². The van der Waals surface area contributed by atoms with Gasteiger partial charge in [0, 0.05) is 37.9 Å². The van der Waals surface area contributed by atoms with E-state index in [1.807, 2.05) is 24.3 Å². The zero-order valence-electron chi connectivity index (χ0n) is 20.6. The number of carbonyl (C=O) groups excluding carboxylic acids is 2. The highest BCUT2D eigenvalue weighted by Crippen LogP contribution is 2.37. The van der Waals surface area contributed by atoms with Crippen LogP contribution >= 0.6 is 11.6 Å². The Kier molecular flexibility index (Phi) is 8.96. The highest BCUT2D eigenvalue weighted by atomic mass is 35.5. The summed E-state index contributed by atoms with van der Waals surface area (Å²) in [6.45, 7) is 3.98. The van der Waals surface area contributed by atoms with E-state index < -0.39 is 11.9 Å². The second-order valence-corrected chi connectivity index (χ2v) is 9.26. The molecule has 2 atom stereocenters. The van der Waals surface area contributed by atoms with Gasteiger partial charge in [-0.15, -0.1) is 0 Å². The summed E-state index contributed by atoms with van der Waals surface area (Å²) in [4.78, 5) is 32.4. The summed E-state index contributed by atoms with van der Waals surface area (Å²) in [7, 11) is 1.62. The van der Waals surface area contributed by atoms with E-state index in [0.717, 1.165) is 24.0 Å². The van der Waals surface area contributed by atoms with Crippen molar-refractivity contribution < 1.29 is 28.5 Å². The molecular weight excluding hydrogens is 484 g/mol. The van der Waals surface area contributed by atoms with Gasteiger partial charge in [-0.2, -0.15) is 0 Å². The summed E-state index contributed by atoms with van der Waals surface area (Å²) < 4.78 is 22.0. The zero-order valence-corrected chi connectivity index (χ0v) is 21.3. The number of rotatable bonds is 10. The van der Waals surface area contributed by atoms with E-state index in [-0.39, 0.29) is 25.0 Å². The van der Waals surface area contributed by atoms with Crippen LogP contribution in [0.15, 0.2) is 53.9 Å². The Morgan fingerprint density at radius 2 is 2.00 bits per heavy atom. The van der Waals surface area contributed by atoms with Crippen LogP contribution in [0.2, 0.25) is 5.15 Å². The average Bonchev–Trinajstić information content (AvgIpc) is 3.39. The number of aromatic nitrogens is 1. The maximum Gasteiger partial charge on any atom is 0.336 e. The predicted octanol–water partition coefficient (Wildman–Crippen LogP) is 4.27. The van der Waals surface area contributed by atoms with Gasteiger partial charge in [0.2, 0.25) is 5.91 Å². The molecule has 192 valence electrons. The third-order valence-electron chi connectivity index (χ3n) is 6.46. The van der Waals surface area contributed by atoms with E-state index in [2.05, 4.69) is 4.98 Å². The summed E-state index contributed by atoms with van der Waals surface area (Å²) >= 11 is 5.97. The standard InChI is InChI=1S/C27H31ClN2O6/c1-18-26(27(32)36-17-19-5-8-21(9-6-19)35-13-12-33-2)23(20-7-10-24(28)29-15-20)14-25(31)30(18)16-22-4-3-11-34-22/h5-10,15,22-23H,3-4,11-14,16-17H2,1-2H3/t22-,23+/m0/s1. The Morgan fingerprint density at radius 1 is 1.19 bits per heavy atom. The van der Waals surface area contributed by atoms with Crippen molar-refractivity contribution in [3.63, 3.8) is 0 Å². The molecule has 4 rings (SSSR count). The Hall–Kier alpha value is -2.94. The lowest BCUT2D eigenvalue weighted by Gasteiger charge is -2.35. The number of nitrogens with zero attached hydrogens (tertiary/aromatic N) is 2. The number of ether oxygens (including phenoxy) is 4. The molecule has 0 N–H and O–H groups in total. The lowest BCUT2D eigenvalue weighted by Crippen LogP contribution is -2.42. The van der Waals surface area contributed by atoms with Gasteiger partial charge in [0.05, 0.1) is 24.8 Å². The zero-order chi connectivity index (χ0) is 25.5. The van der Waals surface area contributed by atoms with E-state index in [1.54, 1.807) is 37.3 Å². The molecule has 2 aromatic rings. The molecule has 9 heteroatoms. The van der Waals surface area contributed by atoms with Gasteiger partial charge in [-0.25, -0.2) is 9.78 Å².